The van der Waals surface area contributed by atoms with Gasteiger partial charge >= 0.3 is 6.09 Å². The summed E-state index contributed by atoms with van der Waals surface area (Å²) < 4.78 is 0. The maximum Gasteiger partial charge on any atom is 0.411 e. The maximum absolute atomic E-state index is 10.9. The van der Waals surface area contributed by atoms with Crippen molar-refractivity contribution in [2.75, 3.05) is 0 Å². The molecule has 0 bridgehead atoms. The van der Waals surface area contributed by atoms with Crippen LogP contribution in [-0.2, 0) is 0 Å². The molecule has 1 aliphatic heterocycles. The van der Waals surface area contributed by atoms with Gasteiger partial charge < -0.3 is 5.11 Å². The minimum Gasteiger partial charge on any atom is -0.465 e. The molecule has 1 aromatic carbocycles. The predicted octanol–water partition coefficient (Wildman–Crippen LogP) is 2.63. The quantitative estimate of drug-likeness (QED) is 0.737. The Morgan fingerprint density at radius 3 is 2.71 bits per heavy atom. The van der Waals surface area contributed by atoms with E-state index in [0.717, 1.165) is 12.0 Å². The van der Waals surface area contributed by atoms with Crippen LogP contribution in [0.1, 0.15) is 18.0 Å². The standard InChI is InChI=1S/C11H11NO2/c13-11(14)12-8-4-7-10(12)9-5-2-1-3-6-9/h1-6,8,10H,7H2,(H,13,14). The Morgan fingerprint density at radius 2 is 2.07 bits per heavy atom. The molecule has 0 radical (unpaired) electrons. The van der Waals surface area contributed by atoms with Gasteiger partial charge in [-0.05, 0) is 12.0 Å². The van der Waals surface area contributed by atoms with Gasteiger partial charge in [-0.15, -0.1) is 0 Å². The average Bonchev–Trinajstić information content (AvgIpc) is 2.67. The predicted molar refractivity (Wildman–Crippen MR) is 52.8 cm³/mol. The van der Waals surface area contributed by atoms with Crippen LogP contribution in [0.4, 0.5) is 4.79 Å². The topological polar surface area (TPSA) is 40.5 Å². The molecular weight excluding hydrogens is 178 g/mol. The Bertz CT molecular complexity index is 359. The van der Waals surface area contributed by atoms with Crippen molar-refractivity contribution < 1.29 is 9.90 Å². The monoisotopic (exact) mass is 189 g/mol. The van der Waals surface area contributed by atoms with E-state index in [0.29, 0.717) is 0 Å². The van der Waals surface area contributed by atoms with Crippen LogP contribution in [0, 0.1) is 0 Å². The second-order valence-electron chi connectivity index (χ2n) is 3.24. The first kappa shape index (κ1) is 8.81. The third kappa shape index (κ3) is 1.48. The molecule has 1 heterocycles. The van der Waals surface area contributed by atoms with E-state index < -0.39 is 6.09 Å². The molecule has 14 heavy (non-hydrogen) atoms. The number of carboxylic acid groups (broad SMARTS) is 1. The number of hydrogen-bond acceptors (Lipinski definition) is 1. The van der Waals surface area contributed by atoms with Crippen molar-refractivity contribution in [3.05, 3.63) is 48.2 Å². The summed E-state index contributed by atoms with van der Waals surface area (Å²) >= 11 is 0. The van der Waals surface area contributed by atoms with Gasteiger partial charge in [0, 0.05) is 6.20 Å². The van der Waals surface area contributed by atoms with E-state index in [4.69, 9.17) is 5.11 Å². The molecule has 0 aliphatic carbocycles. The van der Waals surface area contributed by atoms with Gasteiger partial charge in [-0.2, -0.15) is 0 Å². The first-order valence-corrected chi connectivity index (χ1v) is 4.52. The number of amides is 1. The van der Waals surface area contributed by atoms with Crippen LogP contribution in [0.25, 0.3) is 0 Å². The molecule has 3 heteroatoms. The lowest BCUT2D eigenvalue weighted by Crippen LogP contribution is -2.25. The van der Waals surface area contributed by atoms with Gasteiger partial charge in [0.15, 0.2) is 0 Å². The van der Waals surface area contributed by atoms with Gasteiger partial charge in [0.05, 0.1) is 6.04 Å². The van der Waals surface area contributed by atoms with Gasteiger partial charge in [-0.3, -0.25) is 4.90 Å². The third-order valence-corrected chi connectivity index (χ3v) is 2.37. The van der Waals surface area contributed by atoms with Gasteiger partial charge in [0.2, 0.25) is 0 Å². The van der Waals surface area contributed by atoms with Crippen molar-refractivity contribution in [1.29, 1.82) is 0 Å². The Kier molecular flexibility index (Phi) is 2.23. The highest BCUT2D eigenvalue weighted by molar-refractivity contribution is 5.67. The van der Waals surface area contributed by atoms with E-state index in [2.05, 4.69) is 0 Å². The fourth-order valence-corrected chi connectivity index (χ4v) is 1.69. The van der Waals surface area contributed by atoms with E-state index in [1.807, 2.05) is 36.4 Å². The smallest absolute Gasteiger partial charge is 0.411 e. The van der Waals surface area contributed by atoms with Crippen LogP contribution in [0.5, 0.6) is 0 Å². The summed E-state index contributed by atoms with van der Waals surface area (Å²) in [6.45, 7) is 0. The Morgan fingerprint density at radius 1 is 1.36 bits per heavy atom. The molecule has 1 aromatic rings. The second-order valence-corrected chi connectivity index (χ2v) is 3.24. The lowest BCUT2D eigenvalue weighted by Gasteiger charge is -2.20. The lowest BCUT2D eigenvalue weighted by atomic mass is 10.1. The van der Waals surface area contributed by atoms with Crippen molar-refractivity contribution in [2.45, 2.75) is 12.5 Å². The normalized spacial score (nSPS) is 20.0. The fourth-order valence-electron chi connectivity index (χ4n) is 1.69. The van der Waals surface area contributed by atoms with Crippen molar-refractivity contribution in [3.8, 4) is 0 Å². The van der Waals surface area contributed by atoms with Crippen LogP contribution < -0.4 is 0 Å². The van der Waals surface area contributed by atoms with Gasteiger partial charge in [0.1, 0.15) is 0 Å². The van der Waals surface area contributed by atoms with Crippen LogP contribution in [0.15, 0.2) is 42.6 Å². The molecule has 3 nitrogen and oxygen atoms in total. The van der Waals surface area contributed by atoms with Crippen molar-refractivity contribution in [3.63, 3.8) is 0 Å². The Labute approximate surface area is 82.3 Å². The number of benzene rings is 1. The zero-order valence-corrected chi connectivity index (χ0v) is 7.63. The van der Waals surface area contributed by atoms with Crippen LogP contribution in [0.3, 0.4) is 0 Å². The van der Waals surface area contributed by atoms with Crippen LogP contribution in [-0.4, -0.2) is 16.1 Å². The first-order chi connectivity index (χ1) is 6.79. The van der Waals surface area contributed by atoms with E-state index in [-0.39, 0.29) is 6.04 Å². The van der Waals surface area contributed by atoms with Crippen LogP contribution in [0.2, 0.25) is 0 Å². The van der Waals surface area contributed by atoms with E-state index in [1.165, 1.54) is 4.90 Å². The molecule has 0 fully saturated rings. The molecule has 1 aliphatic rings. The van der Waals surface area contributed by atoms with Crippen molar-refractivity contribution in [1.82, 2.24) is 4.90 Å². The van der Waals surface area contributed by atoms with Gasteiger partial charge in [-0.25, -0.2) is 4.79 Å². The van der Waals surface area contributed by atoms with Crippen LogP contribution >= 0.6 is 0 Å². The summed E-state index contributed by atoms with van der Waals surface area (Å²) in [5, 5.41) is 8.92. The lowest BCUT2D eigenvalue weighted by molar-refractivity contribution is 0.152. The maximum atomic E-state index is 10.9. The molecule has 1 N–H and O–H groups in total. The summed E-state index contributed by atoms with van der Waals surface area (Å²) in [7, 11) is 0. The Hall–Kier alpha value is -1.77. The molecule has 0 spiro atoms. The Balaban J connectivity index is 2.24. The zero-order valence-electron chi connectivity index (χ0n) is 7.63. The highest BCUT2D eigenvalue weighted by Crippen LogP contribution is 2.29. The molecule has 1 amide bonds. The SMILES string of the molecule is O=C(O)N1C=CCC1c1ccccc1. The number of rotatable bonds is 1. The largest absolute Gasteiger partial charge is 0.465 e. The second kappa shape index (κ2) is 3.54. The van der Waals surface area contributed by atoms with Gasteiger partial charge in [0.25, 0.3) is 0 Å². The molecule has 1 unspecified atom stereocenters. The summed E-state index contributed by atoms with van der Waals surface area (Å²) in [5.74, 6) is 0. The summed E-state index contributed by atoms with van der Waals surface area (Å²) in [6.07, 6.45) is 3.37. The highest BCUT2D eigenvalue weighted by Gasteiger charge is 2.25. The molecule has 0 saturated carbocycles. The number of hydrogen-bond donors (Lipinski definition) is 1. The third-order valence-electron chi connectivity index (χ3n) is 2.37. The fraction of sp³-hybridized carbons (Fsp3) is 0.182. The number of carbonyl (C=O) groups is 1. The minimum absolute atomic E-state index is 0.0475. The van der Waals surface area contributed by atoms with Crippen molar-refractivity contribution >= 4 is 6.09 Å². The summed E-state index contributed by atoms with van der Waals surface area (Å²) in [5.41, 5.74) is 1.04. The molecule has 0 aromatic heterocycles. The minimum atomic E-state index is -0.896. The number of nitrogens with zero attached hydrogens (tertiary/aromatic N) is 1. The zero-order chi connectivity index (χ0) is 9.97. The van der Waals surface area contributed by atoms with E-state index >= 15 is 0 Å². The molecular formula is C11H11NO2. The van der Waals surface area contributed by atoms with Crippen molar-refractivity contribution in [2.24, 2.45) is 0 Å². The van der Waals surface area contributed by atoms with E-state index in [9.17, 15) is 4.79 Å². The molecule has 72 valence electrons. The highest BCUT2D eigenvalue weighted by atomic mass is 16.4. The molecule has 0 saturated heterocycles. The molecule has 1 atom stereocenters. The summed E-state index contributed by atoms with van der Waals surface area (Å²) in [4.78, 5) is 12.2. The molecule has 2 rings (SSSR count). The summed E-state index contributed by atoms with van der Waals surface area (Å²) in [6, 6.07) is 9.63. The first-order valence-electron chi connectivity index (χ1n) is 4.52. The average molecular weight is 189 g/mol. The van der Waals surface area contributed by atoms with E-state index in [1.54, 1.807) is 6.20 Å². The van der Waals surface area contributed by atoms with Gasteiger partial charge in [-0.1, -0.05) is 36.4 Å².